The molecule has 1 aromatic carbocycles. The second-order valence-corrected chi connectivity index (χ2v) is 3.97. The molecule has 1 rings (SSSR count). The number of alkyl halides is 3. The fraction of sp³-hybridized carbons (Fsp3) is 0.417. The minimum atomic E-state index is -4.43. The van der Waals surface area contributed by atoms with E-state index in [4.69, 9.17) is 5.73 Å². The van der Waals surface area contributed by atoms with Crippen LogP contribution in [0.3, 0.4) is 0 Å². The number of hydrogen-bond acceptors (Lipinski definition) is 2. The molecule has 0 saturated heterocycles. The first kappa shape index (κ1) is 15.3. The van der Waals surface area contributed by atoms with Crippen LogP contribution >= 0.6 is 0 Å². The number of halogens is 3. The highest BCUT2D eigenvalue weighted by atomic mass is 19.4. The maximum atomic E-state index is 12.3. The van der Waals surface area contributed by atoms with Gasteiger partial charge in [0.2, 0.25) is 0 Å². The largest absolute Gasteiger partial charge is 0.406 e. The minimum absolute atomic E-state index is 0.0190. The second kappa shape index (κ2) is 6.98. The molecule has 0 aliphatic carbocycles. The van der Waals surface area contributed by atoms with Crippen LogP contribution in [-0.4, -0.2) is 36.7 Å². The average molecular weight is 275 g/mol. The van der Waals surface area contributed by atoms with Crippen molar-refractivity contribution in [2.24, 2.45) is 5.73 Å². The van der Waals surface area contributed by atoms with Crippen molar-refractivity contribution in [3.05, 3.63) is 35.9 Å². The minimum Gasteiger partial charge on any atom is -0.334 e. The van der Waals surface area contributed by atoms with Crippen molar-refractivity contribution in [3.63, 3.8) is 0 Å². The van der Waals surface area contributed by atoms with E-state index in [1.807, 2.05) is 6.07 Å². The third-order valence-corrected chi connectivity index (χ3v) is 2.34. The standard InChI is InChI=1S/C12H16F3N3O/c13-12(14,15)9-18(7-6-16)11(19)17-8-10-4-2-1-3-5-10/h1-5H,6-9,16H2,(H,17,19). The molecule has 106 valence electrons. The van der Waals surface area contributed by atoms with Gasteiger partial charge in [0.05, 0.1) is 0 Å². The van der Waals surface area contributed by atoms with Crippen molar-refractivity contribution in [1.29, 1.82) is 0 Å². The molecule has 3 N–H and O–H groups in total. The van der Waals surface area contributed by atoms with Gasteiger partial charge in [0.25, 0.3) is 0 Å². The number of rotatable bonds is 5. The number of carbonyl (C=O) groups excluding carboxylic acids is 1. The predicted octanol–water partition coefficient (Wildman–Crippen LogP) is 1.72. The molecule has 0 aromatic heterocycles. The molecule has 0 heterocycles. The topological polar surface area (TPSA) is 58.4 Å². The van der Waals surface area contributed by atoms with Crippen molar-refractivity contribution in [1.82, 2.24) is 10.2 Å². The van der Waals surface area contributed by atoms with Gasteiger partial charge in [0.1, 0.15) is 6.54 Å². The molecular formula is C12H16F3N3O. The van der Waals surface area contributed by atoms with Crippen LogP contribution < -0.4 is 11.1 Å². The highest BCUT2D eigenvalue weighted by Gasteiger charge is 2.32. The molecule has 0 atom stereocenters. The van der Waals surface area contributed by atoms with Gasteiger partial charge in [-0.15, -0.1) is 0 Å². The Morgan fingerprint density at radius 2 is 1.89 bits per heavy atom. The molecule has 0 saturated carbocycles. The van der Waals surface area contributed by atoms with E-state index in [0.29, 0.717) is 4.90 Å². The van der Waals surface area contributed by atoms with E-state index in [1.54, 1.807) is 24.3 Å². The summed E-state index contributed by atoms with van der Waals surface area (Å²) in [6.07, 6.45) is -4.43. The van der Waals surface area contributed by atoms with Crippen molar-refractivity contribution < 1.29 is 18.0 Å². The van der Waals surface area contributed by atoms with E-state index >= 15 is 0 Å². The van der Waals surface area contributed by atoms with Crippen LogP contribution in [0.15, 0.2) is 30.3 Å². The SMILES string of the molecule is NCCN(CC(F)(F)F)C(=O)NCc1ccccc1. The number of nitrogens with one attached hydrogen (secondary N) is 1. The van der Waals surface area contributed by atoms with Crippen molar-refractivity contribution >= 4 is 6.03 Å². The smallest absolute Gasteiger partial charge is 0.334 e. The van der Waals surface area contributed by atoms with Gasteiger partial charge >= 0.3 is 12.2 Å². The molecule has 0 aliphatic rings. The third kappa shape index (κ3) is 6.10. The monoisotopic (exact) mass is 275 g/mol. The van der Waals surface area contributed by atoms with Crippen LogP contribution in [0.4, 0.5) is 18.0 Å². The molecular weight excluding hydrogens is 259 g/mol. The Labute approximate surface area is 109 Å². The van der Waals surface area contributed by atoms with Crippen LogP contribution in [0.1, 0.15) is 5.56 Å². The molecule has 0 spiro atoms. The number of carbonyl (C=O) groups is 1. The van der Waals surface area contributed by atoms with Gasteiger partial charge in [0.15, 0.2) is 0 Å². The van der Waals surface area contributed by atoms with Crippen molar-refractivity contribution in [2.45, 2.75) is 12.7 Å². The van der Waals surface area contributed by atoms with Crippen LogP contribution in [0.25, 0.3) is 0 Å². The zero-order chi connectivity index (χ0) is 14.3. The van der Waals surface area contributed by atoms with E-state index in [0.717, 1.165) is 5.56 Å². The van der Waals surface area contributed by atoms with Gasteiger partial charge in [-0.1, -0.05) is 30.3 Å². The molecule has 0 bridgehead atoms. The summed E-state index contributed by atoms with van der Waals surface area (Å²) in [4.78, 5) is 12.3. The normalized spacial score (nSPS) is 11.2. The summed E-state index contributed by atoms with van der Waals surface area (Å²) in [5.41, 5.74) is 6.02. The Morgan fingerprint density at radius 3 is 2.42 bits per heavy atom. The first-order valence-electron chi connectivity index (χ1n) is 5.76. The number of benzene rings is 1. The zero-order valence-corrected chi connectivity index (χ0v) is 10.3. The van der Waals surface area contributed by atoms with E-state index in [-0.39, 0.29) is 19.6 Å². The number of hydrogen-bond donors (Lipinski definition) is 2. The van der Waals surface area contributed by atoms with Gasteiger partial charge in [-0.3, -0.25) is 0 Å². The van der Waals surface area contributed by atoms with Gasteiger partial charge in [-0.2, -0.15) is 13.2 Å². The summed E-state index contributed by atoms with van der Waals surface area (Å²) in [5.74, 6) is 0. The fourth-order valence-corrected chi connectivity index (χ4v) is 1.51. The third-order valence-electron chi connectivity index (χ3n) is 2.34. The highest BCUT2D eigenvalue weighted by Crippen LogP contribution is 2.16. The first-order chi connectivity index (χ1) is 8.92. The number of amides is 2. The Bertz CT molecular complexity index is 395. The molecule has 2 amide bonds. The summed E-state index contributed by atoms with van der Waals surface area (Å²) < 4.78 is 36.9. The molecule has 19 heavy (non-hydrogen) atoms. The lowest BCUT2D eigenvalue weighted by molar-refractivity contribution is -0.139. The lowest BCUT2D eigenvalue weighted by Crippen LogP contribution is -2.46. The fourth-order valence-electron chi connectivity index (χ4n) is 1.51. The second-order valence-electron chi connectivity index (χ2n) is 3.97. The number of nitrogens with zero attached hydrogens (tertiary/aromatic N) is 1. The van der Waals surface area contributed by atoms with Gasteiger partial charge in [-0.05, 0) is 5.56 Å². The van der Waals surface area contributed by atoms with Crippen LogP contribution in [0.2, 0.25) is 0 Å². The van der Waals surface area contributed by atoms with E-state index in [1.165, 1.54) is 0 Å². The average Bonchev–Trinajstić information content (AvgIpc) is 2.35. The Morgan fingerprint density at radius 1 is 1.26 bits per heavy atom. The Kier molecular flexibility index (Phi) is 5.62. The van der Waals surface area contributed by atoms with Gasteiger partial charge < -0.3 is 16.0 Å². The van der Waals surface area contributed by atoms with E-state index in [9.17, 15) is 18.0 Å². The number of urea groups is 1. The van der Waals surface area contributed by atoms with Crippen LogP contribution in [0.5, 0.6) is 0 Å². The van der Waals surface area contributed by atoms with E-state index < -0.39 is 18.8 Å². The van der Waals surface area contributed by atoms with Gasteiger partial charge in [0, 0.05) is 19.6 Å². The summed E-state index contributed by atoms with van der Waals surface area (Å²) in [6, 6.07) is 8.17. The first-order valence-corrected chi connectivity index (χ1v) is 5.76. The van der Waals surface area contributed by atoms with Gasteiger partial charge in [-0.25, -0.2) is 4.79 Å². The zero-order valence-electron chi connectivity index (χ0n) is 10.3. The van der Waals surface area contributed by atoms with Crippen molar-refractivity contribution in [2.75, 3.05) is 19.6 Å². The summed E-state index contributed by atoms with van der Waals surface area (Å²) in [5, 5.41) is 2.44. The quantitative estimate of drug-likeness (QED) is 0.859. The lowest BCUT2D eigenvalue weighted by Gasteiger charge is -2.23. The highest BCUT2D eigenvalue weighted by molar-refractivity contribution is 5.74. The summed E-state index contributed by atoms with van der Waals surface area (Å²) in [7, 11) is 0. The molecule has 7 heteroatoms. The summed E-state index contributed by atoms with van der Waals surface area (Å²) >= 11 is 0. The molecule has 1 aromatic rings. The Balaban J connectivity index is 2.52. The lowest BCUT2D eigenvalue weighted by atomic mass is 10.2. The molecule has 0 fully saturated rings. The number of nitrogens with two attached hydrogens (primary N) is 1. The Hall–Kier alpha value is -1.76. The maximum absolute atomic E-state index is 12.3. The molecule has 0 unspecified atom stereocenters. The summed E-state index contributed by atoms with van der Waals surface area (Å²) in [6.45, 7) is -1.28. The molecule has 0 aliphatic heterocycles. The van der Waals surface area contributed by atoms with E-state index in [2.05, 4.69) is 5.32 Å². The van der Waals surface area contributed by atoms with Crippen LogP contribution in [0, 0.1) is 0 Å². The molecule has 4 nitrogen and oxygen atoms in total. The maximum Gasteiger partial charge on any atom is 0.406 e. The predicted molar refractivity (Wildman–Crippen MR) is 65.4 cm³/mol. The van der Waals surface area contributed by atoms with Crippen LogP contribution in [-0.2, 0) is 6.54 Å². The molecule has 0 radical (unpaired) electrons. The van der Waals surface area contributed by atoms with Crippen molar-refractivity contribution in [3.8, 4) is 0 Å².